The second-order valence-corrected chi connectivity index (χ2v) is 6.50. The van der Waals surface area contributed by atoms with E-state index in [-0.39, 0.29) is 12.4 Å². The highest BCUT2D eigenvalue weighted by Crippen LogP contribution is 2.29. The molecular weight excluding hydrogens is 456 g/mol. The topological polar surface area (TPSA) is 80.2 Å². The molecule has 25 heavy (non-hydrogen) atoms. The van der Waals surface area contributed by atoms with Crippen molar-refractivity contribution in [2.24, 2.45) is 5.10 Å². The number of carbonyl (C=O) groups is 1. The van der Waals surface area contributed by atoms with Gasteiger partial charge in [0.2, 0.25) is 0 Å². The predicted molar refractivity (Wildman–Crippen MR) is 102 cm³/mol. The molecule has 0 saturated heterocycles. The lowest BCUT2D eigenvalue weighted by molar-refractivity contribution is -0.123. The minimum Gasteiger partial charge on any atom is -0.507 e. The number of hydrogen-bond acceptors (Lipinski definition) is 5. The van der Waals surface area contributed by atoms with E-state index in [9.17, 15) is 9.90 Å². The van der Waals surface area contributed by atoms with Gasteiger partial charge in [0.25, 0.3) is 5.91 Å². The fraction of sp³-hybridized carbons (Fsp3) is 0.176. The summed E-state index contributed by atoms with van der Waals surface area (Å²) in [4.78, 5) is 11.8. The first-order valence-electron chi connectivity index (χ1n) is 7.35. The third kappa shape index (κ3) is 5.75. The molecule has 2 aromatic carbocycles. The molecule has 0 heterocycles. The third-order valence-corrected chi connectivity index (χ3v) is 4.29. The van der Waals surface area contributed by atoms with Gasteiger partial charge in [0, 0.05) is 10.0 Å². The fourth-order valence-corrected chi connectivity index (χ4v) is 2.94. The van der Waals surface area contributed by atoms with Crippen molar-refractivity contribution < 1.29 is 19.4 Å². The number of ether oxygens (including phenoxy) is 2. The predicted octanol–water partition coefficient (Wildman–Crippen LogP) is 3.85. The number of amides is 1. The quantitative estimate of drug-likeness (QED) is 0.474. The number of halogens is 2. The van der Waals surface area contributed by atoms with Crippen molar-refractivity contribution in [3.8, 4) is 17.2 Å². The molecule has 0 aliphatic heterocycles. The van der Waals surface area contributed by atoms with Crippen LogP contribution < -0.4 is 14.9 Å². The van der Waals surface area contributed by atoms with E-state index >= 15 is 0 Å². The maximum Gasteiger partial charge on any atom is 0.277 e. The Morgan fingerprint density at radius 1 is 1.20 bits per heavy atom. The van der Waals surface area contributed by atoms with Gasteiger partial charge in [0.05, 0.1) is 17.3 Å². The Labute approximate surface area is 162 Å². The number of phenols is 1. The number of para-hydroxylation sites is 2. The van der Waals surface area contributed by atoms with Gasteiger partial charge in [-0.25, -0.2) is 5.43 Å². The van der Waals surface area contributed by atoms with E-state index in [4.69, 9.17) is 9.47 Å². The first-order valence-corrected chi connectivity index (χ1v) is 8.94. The number of nitrogens with zero attached hydrogens (tertiary/aromatic N) is 1. The maximum absolute atomic E-state index is 11.8. The summed E-state index contributed by atoms with van der Waals surface area (Å²) in [5.41, 5.74) is 2.98. The van der Waals surface area contributed by atoms with Crippen molar-refractivity contribution in [1.82, 2.24) is 5.43 Å². The number of benzene rings is 2. The van der Waals surface area contributed by atoms with Gasteiger partial charge in [-0.05, 0) is 47.1 Å². The largest absolute Gasteiger partial charge is 0.507 e. The Morgan fingerprint density at radius 3 is 2.56 bits per heavy atom. The van der Waals surface area contributed by atoms with Crippen LogP contribution in [0.2, 0.25) is 0 Å². The molecule has 1 amide bonds. The lowest BCUT2D eigenvalue weighted by atomic mass is 10.2. The summed E-state index contributed by atoms with van der Waals surface area (Å²) in [5.74, 6) is 0.728. The van der Waals surface area contributed by atoms with E-state index in [1.165, 1.54) is 12.3 Å². The normalized spacial score (nSPS) is 10.7. The van der Waals surface area contributed by atoms with Crippen molar-refractivity contribution in [2.45, 2.75) is 6.92 Å². The lowest BCUT2D eigenvalue weighted by Crippen LogP contribution is -2.24. The lowest BCUT2D eigenvalue weighted by Gasteiger charge is -2.10. The molecule has 0 aromatic heterocycles. The molecule has 0 fully saturated rings. The van der Waals surface area contributed by atoms with Crippen molar-refractivity contribution in [2.75, 3.05) is 13.2 Å². The summed E-state index contributed by atoms with van der Waals surface area (Å²) in [6, 6.07) is 10.3. The molecule has 0 bridgehead atoms. The van der Waals surface area contributed by atoms with Crippen molar-refractivity contribution >= 4 is 44.0 Å². The SMILES string of the molecule is CCOc1ccccc1OCC(=O)NN=Cc1cc(O)c(Br)cc1Br. The number of aromatic hydroxyl groups is 1. The highest BCUT2D eigenvalue weighted by Gasteiger charge is 2.07. The standard InChI is InChI=1S/C17H16Br2N2O4/c1-2-24-15-5-3-4-6-16(15)25-10-17(23)21-20-9-11-7-14(22)13(19)8-12(11)18/h3-9,22H,2,10H2,1H3,(H,21,23). The van der Waals surface area contributed by atoms with Gasteiger partial charge in [0.1, 0.15) is 5.75 Å². The van der Waals surface area contributed by atoms with Crippen LogP contribution in [0.3, 0.4) is 0 Å². The third-order valence-electron chi connectivity index (χ3n) is 2.97. The first kappa shape index (κ1) is 19.3. The molecule has 0 aliphatic rings. The smallest absolute Gasteiger partial charge is 0.277 e. The molecule has 0 saturated carbocycles. The molecule has 0 aliphatic carbocycles. The zero-order chi connectivity index (χ0) is 18.2. The van der Waals surface area contributed by atoms with Crippen LogP contribution in [0.1, 0.15) is 12.5 Å². The summed E-state index contributed by atoms with van der Waals surface area (Å²) < 4.78 is 12.1. The van der Waals surface area contributed by atoms with Crippen LogP contribution in [-0.4, -0.2) is 30.4 Å². The van der Waals surface area contributed by atoms with Gasteiger partial charge in [-0.2, -0.15) is 5.10 Å². The van der Waals surface area contributed by atoms with E-state index in [0.717, 1.165) is 4.47 Å². The molecule has 8 heteroatoms. The van der Waals surface area contributed by atoms with Gasteiger partial charge in [0.15, 0.2) is 18.1 Å². The van der Waals surface area contributed by atoms with Gasteiger partial charge in [-0.15, -0.1) is 0 Å². The van der Waals surface area contributed by atoms with Crippen LogP contribution in [-0.2, 0) is 4.79 Å². The number of carbonyl (C=O) groups excluding carboxylic acids is 1. The number of phenolic OH excluding ortho intramolecular Hbond substituents is 1. The number of hydrazone groups is 1. The molecule has 2 rings (SSSR count). The summed E-state index contributed by atoms with van der Waals surface area (Å²) in [7, 11) is 0. The Hall–Kier alpha value is -2.06. The fourth-order valence-electron chi connectivity index (χ4n) is 1.85. The van der Waals surface area contributed by atoms with Crippen LogP contribution in [0.15, 0.2) is 50.4 Å². The molecule has 0 unspecified atom stereocenters. The molecule has 2 aromatic rings. The summed E-state index contributed by atoms with van der Waals surface area (Å²) in [6.07, 6.45) is 1.42. The highest BCUT2D eigenvalue weighted by atomic mass is 79.9. The summed E-state index contributed by atoms with van der Waals surface area (Å²) >= 11 is 6.56. The minimum atomic E-state index is -0.417. The van der Waals surface area contributed by atoms with Crippen molar-refractivity contribution in [3.63, 3.8) is 0 Å². The minimum absolute atomic E-state index is 0.0758. The van der Waals surface area contributed by atoms with Gasteiger partial charge >= 0.3 is 0 Å². The van der Waals surface area contributed by atoms with Crippen LogP contribution >= 0.6 is 31.9 Å². The summed E-state index contributed by atoms with van der Waals surface area (Å²) in [5, 5.41) is 13.5. The second kappa shape index (κ2) is 9.43. The van der Waals surface area contributed by atoms with E-state index in [1.54, 1.807) is 24.3 Å². The Kier molecular flexibility index (Phi) is 7.27. The monoisotopic (exact) mass is 470 g/mol. The molecule has 6 nitrogen and oxygen atoms in total. The Morgan fingerprint density at radius 2 is 1.88 bits per heavy atom. The van der Waals surface area contributed by atoms with Crippen LogP contribution in [0.4, 0.5) is 0 Å². The highest BCUT2D eigenvalue weighted by molar-refractivity contribution is 9.11. The maximum atomic E-state index is 11.8. The van der Waals surface area contributed by atoms with E-state index in [0.29, 0.717) is 28.1 Å². The molecule has 132 valence electrons. The van der Waals surface area contributed by atoms with Crippen LogP contribution in [0.25, 0.3) is 0 Å². The van der Waals surface area contributed by atoms with Crippen molar-refractivity contribution in [3.05, 3.63) is 50.9 Å². The van der Waals surface area contributed by atoms with E-state index in [1.807, 2.05) is 13.0 Å². The van der Waals surface area contributed by atoms with Gasteiger partial charge in [-0.3, -0.25) is 4.79 Å². The molecule has 2 N–H and O–H groups in total. The summed E-state index contributed by atoms with van der Waals surface area (Å²) in [6.45, 7) is 2.18. The van der Waals surface area contributed by atoms with Crippen LogP contribution in [0.5, 0.6) is 17.2 Å². The molecule has 0 spiro atoms. The van der Waals surface area contributed by atoms with Gasteiger partial charge < -0.3 is 14.6 Å². The Balaban J connectivity index is 1.90. The molecular formula is C17H16Br2N2O4. The average Bonchev–Trinajstić information content (AvgIpc) is 2.59. The number of hydrogen-bond donors (Lipinski definition) is 2. The second-order valence-electron chi connectivity index (χ2n) is 4.79. The van der Waals surface area contributed by atoms with E-state index < -0.39 is 5.91 Å². The zero-order valence-corrected chi connectivity index (χ0v) is 16.5. The Bertz CT molecular complexity index is 781. The number of rotatable bonds is 7. The zero-order valence-electron chi connectivity index (χ0n) is 13.3. The van der Waals surface area contributed by atoms with Gasteiger partial charge in [-0.1, -0.05) is 28.1 Å². The molecule has 0 atom stereocenters. The van der Waals surface area contributed by atoms with E-state index in [2.05, 4.69) is 42.4 Å². The molecule has 0 radical (unpaired) electrons. The van der Waals surface area contributed by atoms with Crippen molar-refractivity contribution in [1.29, 1.82) is 0 Å². The first-order chi connectivity index (χ1) is 12.0. The van der Waals surface area contributed by atoms with Crippen LogP contribution in [0, 0.1) is 0 Å². The average molecular weight is 472 g/mol. The number of nitrogens with one attached hydrogen (secondary N) is 1.